The topological polar surface area (TPSA) is 55.5 Å². The molecule has 0 aliphatic carbocycles. The van der Waals surface area contributed by atoms with Crippen LogP contribution in [-0.4, -0.2) is 11.2 Å². The molecule has 0 N–H and O–H groups in total. The highest BCUT2D eigenvalue weighted by Crippen LogP contribution is 2.12. The Kier molecular flexibility index (Phi) is 2.58. The van der Waals surface area contributed by atoms with Gasteiger partial charge in [0, 0.05) is 12.5 Å². The van der Waals surface area contributed by atoms with Gasteiger partial charge in [-0.1, -0.05) is 12.1 Å². The molecule has 1 heterocycles. The van der Waals surface area contributed by atoms with Gasteiger partial charge in [-0.05, 0) is 6.42 Å². The monoisotopic (exact) mass is 152 g/mol. The highest BCUT2D eigenvalue weighted by atomic mass is 16.5. The first-order chi connectivity index (χ1) is 5.36. The molecule has 0 aliphatic rings. The van der Waals surface area contributed by atoms with Gasteiger partial charge in [0.25, 0.3) is 0 Å². The van der Waals surface area contributed by atoms with Crippen molar-refractivity contribution in [3.63, 3.8) is 0 Å². The lowest BCUT2D eigenvalue weighted by atomic mass is 10.3. The van der Waals surface area contributed by atoms with Gasteiger partial charge in [-0.2, -0.15) is 0 Å². The van der Waals surface area contributed by atoms with E-state index in [1.165, 1.54) is 6.08 Å². The normalized spacial score (nSPS) is 9.18. The lowest BCUT2D eigenvalue weighted by Gasteiger charge is -1.83. The van der Waals surface area contributed by atoms with Crippen molar-refractivity contribution in [2.24, 2.45) is 4.99 Å². The van der Waals surface area contributed by atoms with Crippen LogP contribution in [0.25, 0.3) is 0 Å². The summed E-state index contributed by atoms with van der Waals surface area (Å²) in [6.07, 6.45) is 3.20. The molecule has 1 aromatic rings. The van der Waals surface area contributed by atoms with Crippen molar-refractivity contribution in [1.29, 1.82) is 0 Å². The molecule has 0 fully saturated rings. The highest BCUT2D eigenvalue weighted by molar-refractivity contribution is 5.43. The molecule has 0 radical (unpaired) electrons. The molecule has 0 unspecified atom stereocenters. The third kappa shape index (κ3) is 2.02. The third-order valence-electron chi connectivity index (χ3n) is 1.20. The van der Waals surface area contributed by atoms with Crippen molar-refractivity contribution >= 4 is 11.9 Å². The smallest absolute Gasteiger partial charge is 0.242 e. The van der Waals surface area contributed by atoms with Gasteiger partial charge in [0.05, 0.1) is 0 Å². The van der Waals surface area contributed by atoms with E-state index in [2.05, 4.69) is 10.1 Å². The van der Waals surface area contributed by atoms with Crippen LogP contribution in [0.3, 0.4) is 0 Å². The van der Waals surface area contributed by atoms with Crippen LogP contribution >= 0.6 is 0 Å². The maximum atomic E-state index is 9.77. The second-order valence-electron chi connectivity index (χ2n) is 2.10. The molecule has 0 aliphatic heterocycles. The number of isocyanates is 1. The Hall–Kier alpha value is -1.41. The Labute approximate surface area is 63.9 Å². The average Bonchev–Trinajstić information content (AvgIpc) is 2.38. The van der Waals surface area contributed by atoms with Crippen LogP contribution in [0, 0.1) is 0 Å². The summed E-state index contributed by atoms with van der Waals surface area (Å²) in [5.41, 5.74) is 0. The van der Waals surface area contributed by atoms with Gasteiger partial charge in [0.1, 0.15) is 5.76 Å². The first kappa shape index (κ1) is 7.69. The predicted octanol–water partition coefficient (Wildman–Crippen LogP) is 1.59. The Morgan fingerprint density at radius 1 is 1.82 bits per heavy atom. The zero-order chi connectivity index (χ0) is 8.10. The minimum atomic E-state index is 0.295. The number of carbonyl (C=O) groups excluding carboxylic acids is 1. The summed E-state index contributed by atoms with van der Waals surface area (Å²) < 4.78 is 4.83. The van der Waals surface area contributed by atoms with Crippen LogP contribution in [0.1, 0.15) is 19.1 Å². The third-order valence-corrected chi connectivity index (χ3v) is 1.20. The number of hydrogen-bond acceptors (Lipinski definition) is 4. The molecule has 11 heavy (non-hydrogen) atoms. The Morgan fingerprint density at radius 2 is 2.64 bits per heavy atom. The van der Waals surface area contributed by atoms with Crippen LogP contribution < -0.4 is 0 Å². The van der Waals surface area contributed by atoms with E-state index in [-0.39, 0.29) is 0 Å². The zero-order valence-corrected chi connectivity index (χ0v) is 6.20. The van der Waals surface area contributed by atoms with Gasteiger partial charge in [0.15, 0.2) is 0 Å². The van der Waals surface area contributed by atoms with E-state index in [1.807, 2.05) is 6.92 Å². The molecule has 1 rings (SSSR count). The quantitative estimate of drug-likeness (QED) is 0.488. The molecule has 1 aromatic heterocycles. The standard InChI is InChI=1S/C7H8N2O2/c1-2-3-6-4-7(8-5-10)9-11-6/h4H,2-3H2,1H3. The maximum Gasteiger partial charge on any atom is 0.242 e. The largest absolute Gasteiger partial charge is 0.359 e. The summed E-state index contributed by atoms with van der Waals surface area (Å²) in [4.78, 5) is 13.1. The number of rotatable bonds is 3. The van der Waals surface area contributed by atoms with Crippen molar-refractivity contribution < 1.29 is 9.32 Å². The van der Waals surface area contributed by atoms with Gasteiger partial charge in [-0.25, -0.2) is 4.79 Å². The summed E-state index contributed by atoms with van der Waals surface area (Å²) in [5.74, 6) is 1.05. The van der Waals surface area contributed by atoms with Crippen LogP contribution in [0.2, 0.25) is 0 Å². The van der Waals surface area contributed by atoms with Gasteiger partial charge in [0.2, 0.25) is 11.9 Å². The summed E-state index contributed by atoms with van der Waals surface area (Å²) in [6, 6.07) is 1.63. The second-order valence-corrected chi connectivity index (χ2v) is 2.10. The number of aryl methyl sites for hydroxylation is 1. The molecule has 0 saturated heterocycles. The first-order valence-electron chi connectivity index (χ1n) is 3.40. The van der Waals surface area contributed by atoms with Crippen LogP contribution in [0.5, 0.6) is 0 Å². The lowest BCUT2D eigenvalue weighted by molar-refractivity contribution is 0.384. The average molecular weight is 152 g/mol. The van der Waals surface area contributed by atoms with E-state index in [9.17, 15) is 4.79 Å². The van der Waals surface area contributed by atoms with E-state index in [4.69, 9.17) is 4.52 Å². The first-order valence-corrected chi connectivity index (χ1v) is 3.40. The molecule has 0 atom stereocenters. The van der Waals surface area contributed by atoms with Crippen molar-refractivity contribution in [3.05, 3.63) is 11.8 Å². The number of nitrogens with zero attached hydrogens (tertiary/aromatic N) is 2. The zero-order valence-electron chi connectivity index (χ0n) is 6.20. The van der Waals surface area contributed by atoms with E-state index >= 15 is 0 Å². The van der Waals surface area contributed by atoms with Gasteiger partial charge in [-0.15, -0.1) is 4.99 Å². The molecular formula is C7H8N2O2. The minimum absolute atomic E-state index is 0.295. The fraction of sp³-hybridized carbons (Fsp3) is 0.429. The molecule has 0 saturated carbocycles. The van der Waals surface area contributed by atoms with Crippen LogP contribution in [0.4, 0.5) is 5.82 Å². The number of aromatic nitrogens is 1. The lowest BCUT2D eigenvalue weighted by Crippen LogP contribution is -1.74. The number of hydrogen-bond donors (Lipinski definition) is 0. The van der Waals surface area contributed by atoms with E-state index in [0.29, 0.717) is 5.82 Å². The summed E-state index contributed by atoms with van der Waals surface area (Å²) in [7, 11) is 0. The predicted molar refractivity (Wildman–Crippen MR) is 38.3 cm³/mol. The van der Waals surface area contributed by atoms with Crippen molar-refractivity contribution in [2.75, 3.05) is 0 Å². The Balaban J connectivity index is 2.73. The number of aliphatic imine (C=N–C) groups is 1. The van der Waals surface area contributed by atoms with Gasteiger partial charge >= 0.3 is 0 Å². The summed E-state index contributed by atoms with van der Waals surface area (Å²) >= 11 is 0. The fourth-order valence-electron chi connectivity index (χ4n) is 0.766. The maximum absolute atomic E-state index is 9.77. The van der Waals surface area contributed by atoms with Gasteiger partial charge in [-0.3, -0.25) is 0 Å². The van der Waals surface area contributed by atoms with Crippen LogP contribution in [0.15, 0.2) is 15.6 Å². The molecule has 0 aromatic carbocycles. The van der Waals surface area contributed by atoms with Crippen molar-refractivity contribution in [1.82, 2.24) is 5.16 Å². The highest BCUT2D eigenvalue weighted by Gasteiger charge is 2.00. The van der Waals surface area contributed by atoms with Crippen molar-refractivity contribution in [2.45, 2.75) is 19.8 Å². The Bertz CT molecular complexity index is 274. The molecule has 0 amide bonds. The van der Waals surface area contributed by atoms with E-state index in [1.54, 1.807) is 6.07 Å². The van der Waals surface area contributed by atoms with Gasteiger partial charge < -0.3 is 4.52 Å². The molecular weight excluding hydrogens is 144 g/mol. The SMILES string of the molecule is CCCc1cc(N=C=O)no1. The van der Waals surface area contributed by atoms with E-state index in [0.717, 1.165) is 18.6 Å². The Morgan fingerprint density at radius 3 is 3.27 bits per heavy atom. The summed E-state index contributed by atoms with van der Waals surface area (Å²) in [6.45, 7) is 2.03. The molecule has 4 nitrogen and oxygen atoms in total. The molecule has 58 valence electrons. The molecule has 0 spiro atoms. The molecule has 0 bridgehead atoms. The fourth-order valence-corrected chi connectivity index (χ4v) is 0.766. The molecule has 4 heteroatoms. The second kappa shape index (κ2) is 3.68. The van der Waals surface area contributed by atoms with Crippen LogP contribution in [-0.2, 0) is 11.2 Å². The summed E-state index contributed by atoms with van der Waals surface area (Å²) in [5, 5.41) is 3.52. The van der Waals surface area contributed by atoms with Crippen molar-refractivity contribution in [3.8, 4) is 0 Å². The minimum Gasteiger partial charge on any atom is -0.359 e. The van der Waals surface area contributed by atoms with E-state index < -0.39 is 0 Å².